The predicted octanol–water partition coefficient (Wildman–Crippen LogP) is 2.57. The molecule has 116 valence electrons. The van der Waals surface area contributed by atoms with Gasteiger partial charge in [-0.05, 0) is 37.3 Å². The smallest absolute Gasteiger partial charge is 0.326 e. The second kappa shape index (κ2) is 6.22. The Morgan fingerprint density at radius 1 is 1.27 bits per heavy atom. The number of fused-ring (bicyclic) bond motifs is 1. The van der Waals surface area contributed by atoms with E-state index in [1.807, 2.05) is 30.5 Å². The fourth-order valence-corrected chi connectivity index (χ4v) is 3.21. The van der Waals surface area contributed by atoms with Crippen LogP contribution in [0.15, 0.2) is 30.5 Å². The molecule has 0 saturated carbocycles. The maximum absolute atomic E-state index is 12.4. The Morgan fingerprint density at radius 2 is 2.09 bits per heavy atom. The van der Waals surface area contributed by atoms with Crippen LogP contribution >= 0.6 is 0 Å². The Kier molecular flexibility index (Phi) is 4.13. The van der Waals surface area contributed by atoms with Crippen LogP contribution in [0.25, 0.3) is 10.9 Å². The van der Waals surface area contributed by atoms with Crippen LogP contribution < -0.4 is 0 Å². The number of carboxylic acid groups (broad SMARTS) is 1. The largest absolute Gasteiger partial charge is 0.480 e. The number of aliphatic carboxylic acids is 1. The number of aryl methyl sites for hydroxylation is 1. The third-order valence-corrected chi connectivity index (χ3v) is 4.39. The number of likely N-dealkylation sites (tertiary alicyclic amines) is 1. The first-order chi connectivity index (χ1) is 10.7. The molecular weight excluding hydrogens is 280 g/mol. The van der Waals surface area contributed by atoms with Crippen molar-refractivity contribution in [3.05, 3.63) is 36.0 Å². The van der Waals surface area contributed by atoms with E-state index in [0.717, 1.165) is 29.3 Å². The Morgan fingerprint density at radius 3 is 2.91 bits per heavy atom. The Bertz CT molecular complexity index is 692. The number of aromatic nitrogens is 1. The van der Waals surface area contributed by atoms with Gasteiger partial charge in [-0.2, -0.15) is 0 Å². The summed E-state index contributed by atoms with van der Waals surface area (Å²) in [5.41, 5.74) is 2.17. The molecule has 1 aliphatic heterocycles. The number of carbonyl (C=O) groups excluding carboxylic acids is 1. The molecule has 1 aliphatic rings. The van der Waals surface area contributed by atoms with Crippen molar-refractivity contribution in [3.8, 4) is 0 Å². The van der Waals surface area contributed by atoms with Crippen molar-refractivity contribution in [3.63, 3.8) is 0 Å². The molecule has 1 amide bonds. The number of aromatic amines is 1. The van der Waals surface area contributed by atoms with Gasteiger partial charge in [-0.15, -0.1) is 0 Å². The Balaban J connectivity index is 1.67. The van der Waals surface area contributed by atoms with E-state index in [-0.39, 0.29) is 5.91 Å². The molecule has 0 aliphatic carbocycles. The SMILES string of the molecule is O=C(O)C1CCCCN1C(=O)CCc1c[nH]c2ccccc12. The number of amides is 1. The van der Waals surface area contributed by atoms with E-state index in [0.29, 0.717) is 25.8 Å². The van der Waals surface area contributed by atoms with E-state index in [9.17, 15) is 14.7 Å². The van der Waals surface area contributed by atoms with Gasteiger partial charge in [0.1, 0.15) is 6.04 Å². The first kappa shape index (κ1) is 14.6. The topological polar surface area (TPSA) is 73.4 Å². The first-order valence-electron chi connectivity index (χ1n) is 7.74. The number of benzene rings is 1. The monoisotopic (exact) mass is 300 g/mol. The summed E-state index contributed by atoms with van der Waals surface area (Å²) in [4.78, 5) is 28.4. The van der Waals surface area contributed by atoms with Crippen molar-refractivity contribution >= 4 is 22.8 Å². The number of hydrogen-bond acceptors (Lipinski definition) is 2. The van der Waals surface area contributed by atoms with Crippen molar-refractivity contribution in [1.29, 1.82) is 0 Å². The zero-order chi connectivity index (χ0) is 15.5. The number of para-hydroxylation sites is 1. The van der Waals surface area contributed by atoms with Gasteiger partial charge in [0.2, 0.25) is 5.91 Å². The van der Waals surface area contributed by atoms with Crippen LogP contribution in [-0.2, 0) is 16.0 Å². The molecule has 1 unspecified atom stereocenters. The first-order valence-corrected chi connectivity index (χ1v) is 7.74. The van der Waals surface area contributed by atoms with Crippen LogP contribution in [-0.4, -0.2) is 39.5 Å². The lowest BCUT2D eigenvalue weighted by atomic mass is 10.0. The highest BCUT2D eigenvalue weighted by atomic mass is 16.4. The predicted molar refractivity (Wildman–Crippen MR) is 83.6 cm³/mol. The standard InChI is InChI=1S/C17H20N2O3/c20-16(19-10-4-3-7-15(19)17(21)22)9-8-12-11-18-14-6-2-1-5-13(12)14/h1-2,5-6,11,15,18H,3-4,7-10H2,(H,21,22). The molecule has 1 aromatic heterocycles. The molecule has 3 rings (SSSR count). The minimum atomic E-state index is -0.889. The van der Waals surface area contributed by atoms with Gasteiger partial charge in [0.05, 0.1) is 0 Å². The zero-order valence-corrected chi connectivity index (χ0v) is 12.4. The number of H-pyrrole nitrogens is 1. The van der Waals surface area contributed by atoms with Gasteiger partial charge in [0.15, 0.2) is 0 Å². The van der Waals surface area contributed by atoms with Gasteiger partial charge < -0.3 is 15.0 Å². The van der Waals surface area contributed by atoms with Crippen LogP contribution in [0.1, 0.15) is 31.2 Å². The number of nitrogens with zero attached hydrogens (tertiary/aromatic N) is 1. The van der Waals surface area contributed by atoms with Crippen molar-refractivity contribution < 1.29 is 14.7 Å². The summed E-state index contributed by atoms with van der Waals surface area (Å²) >= 11 is 0. The number of carbonyl (C=O) groups is 2. The molecule has 2 N–H and O–H groups in total. The summed E-state index contributed by atoms with van der Waals surface area (Å²) in [5.74, 6) is -0.947. The van der Waals surface area contributed by atoms with Gasteiger partial charge in [0.25, 0.3) is 0 Å². The molecule has 2 aromatic rings. The highest BCUT2D eigenvalue weighted by Gasteiger charge is 2.31. The third kappa shape index (κ3) is 2.84. The summed E-state index contributed by atoms with van der Waals surface area (Å²) in [6.45, 7) is 0.559. The molecule has 1 atom stereocenters. The van der Waals surface area contributed by atoms with E-state index in [1.165, 1.54) is 0 Å². The molecule has 1 aromatic carbocycles. The molecule has 22 heavy (non-hydrogen) atoms. The van der Waals surface area contributed by atoms with E-state index in [1.54, 1.807) is 4.90 Å². The summed E-state index contributed by atoms with van der Waals surface area (Å²) in [6, 6.07) is 7.34. The highest BCUT2D eigenvalue weighted by molar-refractivity contribution is 5.86. The molecule has 0 radical (unpaired) electrons. The number of rotatable bonds is 4. The van der Waals surface area contributed by atoms with E-state index in [2.05, 4.69) is 4.98 Å². The van der Waals surface area contributed by atoms with E-state index < -0.39 is 12.0 Å². The van der Waals surface area contributed by atoms with Crippen LogP contribution in [0.5, 0.6) is 0 Å². The fraction of sp³-hybridized carbons (Fsp3) is 0.412. The van der Waals surface area contributed by atoms with E-state index >= 15 is 0 Å². The Labute approximate surface area is 128 Å². The fourth-order valence-electron chi connectivity index (χ4n) is 3.21. The minimum Gasteiger partial charge on any atom is -0.480 e. The maximum atomic E-state index is 12.4. The number of piperidine rings is 1. The molecule has 2 heterocycles. The summed E-state index contributed by atoms with van der Waals surface area (Å²) in [6.07, 6.45) is 5.25. The van der Waals surface area contributed by atoms with E-state index in [4.69, 9.17) is 0 Å². The average Bonchev–Trinajstić information content (AvgIpc) is 2.96. The normalized spacial score (nSPS) is 18.5. The van der Waals surface area contributed by atoms with Gasteiger partial charge in [-0.3, -0.25) is 4.79 Å². The molecule has 5 nitrogen and oxygen atoms in total. The lowest BCUT2D eigenvalue weighted by molar-refractivity contribution is -0.152. The van der Waals surface area contributed by atoms with Crippen molar-refractivity contribution in [2.45, 2.75) is 38.1 Å². The van der Waals surface area contributed by atoms with Crippen molar-refractivity contribution in [2.24, 2.45) is 0 Å². The quantitative estimate of drug-likeness (QED) is 0.911. The van der Waals surface area contributed by atoms with Crippen LogP contribution in [0.4, 0.5) is 0 Å². The van der Waals surface area contributed by atoms with Gasteiger partial charge in [0, 0.05) is 30.1 Å². The number of carboxylic acids is 1. The Hall–Kier alpha value is -2.30. The average molecular weight is 300 g/mol. The van der Waals surface area contributed by atoms with Gasteiger partial charge in [-0.1, -0.05) is 18.2 Å². The third-order valence-electron chi connectivity index (χ3n) is 4.39. The summed E-state index contributed by atoms with van der Waals surface area (Å²) < 4.78 is 0. The summed E-state index contributed by atoms with van der Waals surface area (Å²) in [7, 11) is 0. The summed E-state index contributed by atoms with van der Waals surface area (Å²) in [5, 5.41) is 10.4. The minimum absolute atomic E-state index is 0.0580. The van der Waals surface area contributed by atoms with Crippen LogP contribution in [0.2, 0.25) is 0 Å². The van der Waals surface area contributed by atoms with Gasteiger partial charge in [-0.25, -0.2) is 4.79 Å². The molecular formula is C17H20N2O3. The second-order valence-corrected chi connectivity index (χ2v) is 5.80. The molecule has 0 spiro atoms. The lowest BCUT2D eigenvalue weighted by Crippen LogP contribution is -2.48. The number of nitrogens with one attached hydrogen (secondary N) is 1. The van der Waals surface area contributed by atoms with Crippen LogP contribution in [0, 0.1) is 0 Å². The highest BCUT2D eigenvalue weighted by Crippen LogP contribution is 2.22. The van der Waals surface area contributed by atoms with Crippen molar-refractivity contribution in [2.75, 3.05) is 6.54 Å². The molecule has 1 fully saturated rings. The van der Waals surface area contributed by atoms with Gasteiger partial charge >= 0.3 is 5.97 Å². The molecule has 0 bridgehead atoms. The maximum Gasteiger partial charge on any atom is 0.326 e. The van der Waals surface area contributed by atoms with Crippen molar-refractivity contribution in [1.82, 2.24) is 9.88 Å². The molecule has 5 heteroatoms. The zero-order valence-electron chi connectivity index (χ0n) is 12.4. The van der Waals surface area contributed by atoms with Crippen LogP contribution in [0.3, 0.4) is 0 Å². The lowest BCUT2D eigenvalue weighted by Gasteiger charge is -2.33. The molecule has 1 saturated heterocycles. The second-order valence-electron chi connectivity index (χ2n) is 5.80. The number of hydrogen-bond donors (Lipinski definition) is 2.